The van der Waals surface area contributed by atoms with E-state index in [9.17, 15) is 0 Å². The van der Waals surface area contributed by atoms with Crippen LogP contribution >= 0.6 is 0 Å². The zero-order valence-electron chi connectivity index (χ0n) is 8.64. The molecule has 0 spiro atoms. The van der Waals surface area contributed by atoms with Crippen LogP contribution in [-0.2, 0) is 0 Å². The molecule has 0 aliphatic carbocycles. The van der Waals surface area contributed by atoms with Gasteiger partial charge >= 0.3 is 0 Å². The first kappa shape index (κ1) is 8.97. The van der Waals surface area contributed by atoms with Crippen molar-refractivity contribution >= 4 is 16.7 Å². The van der Waals surface area contributed by atoms with E-state index >= 15 is 0 Å². The van der Waals surface area contributed by atoms with Gasteiger partial charge in [0.05, 0.1) is 0 Å². The molecule has 2 aromatic heterocycles. The van der Waals surface area contributed by atoms with Crippen molar-refractivity contribution in [3.05, 3.63) is 48.8 Å². The molecule has 3 aromatic rings. The minimum absolute atomic E-state index is 0.546. The maximum absolute atomic E-state index is 5.56. The van der Waals surface area contributed by atoms with Gasteiger partial charge < -0.3 is 10.7 Å². The lowest BCUT2D eigenvalue weighted by molar-refractivity contribution is 1.34. The molecule has 3 N–H and O–H groups in total. The van der Waals surface area contributed by atoms with Gasteiger partial charge in [0, 0.05) is 23.5 Å². The fraction of sp³-hybridized carbons (Fsp3) is 0. The third-order valence-corrected chi connectivity index (χ3v) is 2.67. The number of aromatic nitrogens is 2. The van der Waals surface area contributed by atoms with Crippen molar-refractivity contribution in [3.8, 4) is 11.1 Å². The molecule has 0 saturated carbocycles. The highest BCUT2D eigenvalue weighted by Crippen LogP contribution is 2.23. The van der Waals surface area contributed by atoms with Gasteiger partial charge in [0.15, 0.2) is 0 Å². The van der Waals surface area contributed by atoms with Gasteiger partial charge in [-0.15, -0.1) is 0 Å². The number of hydrogen-bond acceptors (Lipinski definition) is 2. The Balaban J connectivity index is 2.14. The Bertz CT molecular complexity index is 623. The number of H-pyrrole nitrogens is 1. The largest absolute Gasteiger partial charge is 0.384 e. The monoisotopic (exact) mass is 209 g/mol. The summed E-state index contributed by atoms with van der Waals surface area (Å²) in [6.07, 6.45) is 3.73. The third-order valence-electron chi connectivity index (χ3n) is 2.67. The molecule has 3 nitrogen and oxygen atoms in total. The van der Waals surface area contributed by atoms with Gasteiger partial charge in [0.1, 0.15) is 5.82 Å². The van der Waals surface area contributed by atoms with Gasteiger partial charge in [-0.2, -0.15) is 0 Å². The maximum atomic E-state index is 5.56. The number of pyridine rings is 1. The van der Waals surface area contributed by atoms with Gasteiger partial charge in [-0.05, 0) is 35.2 Å². The second-order valence-corrected chi connectivity index (χ2v) is 3.75. The normalized spacial score (nSPS) is 10.8. The van der Waals surface area contributed by atoms with E-state index < -0.39 is 0 Å². The van der Waals surface area contributed by atoms with Crippen LogP contribution in [0.5, 0.6) is 0 Å². The van der Waals surface area contributed by atoms with Crippen LogP contribution in [0.15, 0.2) is 48.8 Å². The van der Waals surface area contributed by atoms with Crippen molar-refractivity contribution in [2.75, 3.05) is 5.73 Å². The van der Waals surface area contributed by atoms with Crippen molar-refractivity contribution < 1.29 is 0 Å². The number of anilines is 1. The molecule has 0 radical (unpaired) electrons. The van der Waals surface area contributed by atoms with E-state index in [1.54, 1.807) is 6.20 Å². The van der Waals surface area contributed by atoms with Crippen LogP contribution in [-0.4, -0.2) is 9.97 Å². The van der Waals surface area contributed by atoms with Crippen LogP contribution in [0.3, 0.4) is 0 Å². The predicted octanol–water partition coefficient (Wildman–Crippen LogP) is 2.81. The Hall–Kier alpha value is -2.29. The molecule has 2 heterocycles. The van der Waals surface area contributed by atoms with E-state index in [2.05, 4.69) is 34.2 Å². The van der Waals surface area contributed by atoms with Crippen LogP contribution in [0.2, 0.25) is 0 Å². The quantitative estimate of drug-likeness (QED) is 0.647. The number of benzene rings is 1. The summed E-state index contributed by atoms with van der Waals surface area (Å²) in [6.45, 7) is 0. The van der Waals surface area contributed by atoms with Crippen molar-refractivity contribution in [2.45, 2.75) is 0 Å². The van der Waals surface area contributed by atoms with E-state index in [-0.39, 0.29) is 0 Å². The number of rotatable bonds is 1. The Morgan fingerprint density at radius 2 is 1.88 bits per heavy atom. The number of nitrogens with one attached hydrogen (secondary N) is 1. The Kier molecular flexibility index (Phi) is 1.90. The fourth-order valence-electron chi connectivity index (χ4n) is 1.80. The van der Waals surface area contributed by atoms with Gasteiger partial charge in [0.25, 0.3) is 0 Å². The lowest BCUT2D eigenvalue weighted by Crippen LogP contribution is -1.88. The summed E-state index contributed by atoms with van der Waals surface area (Å²) in [4.78, 5) is 7.29. The molecule has 0 amide bonds. The van der Waals surface area contributed by atoms with Gasteiger partial charge in [-0.1, -0.05) is 12.1 Å². The average Bonchev–Trinajstić information content (AvgIpc) is 2.77. The first-order chi connectivity index (χ1) is 7.83. The minimum atomic E-state index is 0.546. The molecule has 3 heteroatoms. The van der Waals surface area contributed by atoms with Crippen molar-refractivity contribution in [1.29, 1.82) is 0 Å². The lowest BCUT2D eigenvalue weighted by atomic mass is 10.1. The molecule has 0 fully saturated rings. The summed E-state index contributed by atoms with van der Waals surface area (Å²) in [5, 5.41) is 1.21. The molecule has 0 aliphatic heterocycles. The number of nitrogens with two attached hydrogens (primary N) is 1. The molecular formula is C13H11N3. The molecule has 16 heavy (non-hydrogen) atoms. The minimum Gasteiger partial charge on any atom is -0.384 e. The van der Waals surface area contributed by atoms with Crippen molar-refractivity contribution in [1.82, 2.24) is 9.97 Å². The SMILES string of the molecule is Nc1ccc(-c2ccc3cc[nH]c3c2)cn1. The van der Waals surface area contributed by atoms with Gasteiger partial charge in [0.2, 0.25) is 0 Å². The van der Waals surface area contributed by atoms with Crippen LogP contribution in [0, 0.1) is 0 Å². The second-order valence-electron chi connectivity index (χ2n) is 3.75. The summed E-state index contributed by atoms with van der Waals surface area (Å²) >= 11 is 0. The van der Waals surface area contributed by atoms with E-state index in [1.165, 1.54) is 5.39 Å². The molecule has 3 rings (SSSR count). The third kappa shape index (κ3) is 1.42. The zero-order chi connectivity index (χ0) is 11.0. The topological polar surface area (TPSA) is 54.7 Å². The predicted molar refractivity (Wildman–Crippen MR) is 65.9 cm³/mol. The molecule has 0 atom stereocenters. The number of nitrogen functional groups attached to an aromatic ring is 1. The van der Waals surface area contributed by atoms with Crippen LogP contribution in [0.1, 0.15) is 0 Å². The molecule has 78 valence electrons. The highest BCUT2D eigenvalue weighted by Gasteiger charge is 2.00. The molecule has 0 saturated heterocycles. The molecule has 0 bridgehead atoms. The summed E-state index contributed by atoms with van der Waals surface area (Å²) in [6, 6.07) is 12.1. The molecule has 0 unspecified atom stereocenters. The van der Waals surface area contributed by atoms with Gasteiger partial charge in [-0.3, -0.25) is 0 Å². The second kappa shape index (κ2) is 3.38. The van der Waals surface area contributed by atoms with E-state index in [4.69, 9.17) is 5.73 Å². The first-order valence-electron chi connectivity index (χ1n) is 5.12. The average molecular weight is 209 g/mol. The first-order valence-corrected chi connectivity index (χ1v) is 5.12. The number of fused-ring (bicyclic) bond motifs is 1. The van der Waals surface area contributed by atoms with E-state index in [1.807, 2.05) is 18.3 Å². The van der Waals surface area contributed by atoms with Crippen molar-refractivity contribution in [2.24, 2.45) is 0 Å². The standard InChI is InChI=1S/C13H11N3/c14-13-4-3-11(8-16-13)10-2-1-9-5-6-15-12(9)7-10/h1-8,15H,(H2,14,16). The Morgan fingerprint density at radius 3 is 2.69 bits per heavy atom. The smallest absolute Gasteiger partial charge is 0.123 e. The highest BCUT2D eigenvalue weighted by molar-refractivity contribution is 5.84. The van der Waals surface area contributed by atoms with Crippen LogP contribution < -0.4 is 5.73 Å². The molecule has 1 aromatic carbocycles. The maximum Gasteiger partial charge on any atom is 0.123 e. The summed E-state index contributed by atoms with van der Waals surface area (Å²) in [5.74, 6) is 0.546. The Morgan fingerprint density at radius 1 is 1.00 bits per heavy atom. The van der Waals surface area contributed by atoms with E-state index in [0.717, 1.165) is 16.6 Å². The molecule has 0 aliphatic rings. The highest BCUT2D eigenvalue weighted by atomic mass is 14.8. The number of nitrogens with zero attached hydrogens (tertiary/aromatic N) is 1. The summed E-state index contributed by atoms with van der Waals surface area (Å²) in [5.41, 5.74) is 8.91. The van der Waals surface area contributed by atoms with Crippen LogP contribution in [0.25, 0.3) is 22.0 Å². The number of aromatic amines is 1. The zero-order valence-corrected chi connectivity index (χ0v) is 8.64. The molecular weight excluding hydrogens is 198 g/mol. The number of hydrogen-bond donors (Lipinski definition) is 2. The lowest BCUT2D eigenvalue weighted by Gasteiger charge is -2.01. The Labute approximate surface area is 92.9 Å². The van der Waals surface area contributed by atoms with Crippen LogP contribution in [0.4, 0.5) is 5.82 Å². The summed E-state index contributed by atoms with van der Waals surface area (Å²) < 4.78 is 0. The van der Waals surface area contributed by atoms with E-state index in [0.29, 0.717) is 5.82 Å². The van der Waals surface area contributed by atoms with Gasteiger partial charge in [-0.25, -0.2) is 4.98 Å². The fourth-order valence-corrected chi connectivity index (χ4v) is 1.80. The van der Waals surface area contributed by atoms with Crippen molar-refractivity contribution in [3.63, 3.8) is 0 Å². The summed E-state index contributed by atoms with van der Waals surface area (Å²) in [7, 11) is 0.